The minimum atomic E-state index is -4.41. The Morgan fingerprint density at radius 2 is 1.88 bits per heavy atom. The van der Waals surface area contributed by atoms with E-state index in [-0.39, 0.29) is 34.8 Å². The Labute approximate surface area is 151 Å². The van der Waals surface area contributed by atoms with E-state index in [0.717, 1.165) is 0 Å². The molecule has 0 spiro atoms. The van der Waals surface area contributed by atoms with Crippen LogP contribution >= 0.6 is 12.2 Å². The van der Waals surface area contributed by atoms with E-state index in [2.05, 4.69) is 20.0 Å². The molecule has 0 bridgehead atoms. The smallest absolute Gasteiger partial charge is 0.422 e. The van der Waals surface area contributed by atoms with Crippen molar-refractivity contribution in [2.75, 3.05) is 11.9 Å². The van der Waals surface area contributed by atoms with Crippen LogP contribution in [0.4, 0.5) is 18.9 Å². The number of hydrogen-bond acceptors (Lipinski definition) is 4. The molecule has 140 valence electrons. The third-order valence-electron chi connectivity index (χ3n) is 3.40. The first-order valence-electron chi connectivity index (χ1n) is 7.55. The van der Waals surface area contributed by atoms with Crippen LogP contribution in [0.15, 0.2) is 29.1 Å². The molecule has 1 amide bonds. The van der Waals surface area contributed by atoms with Crippen molar-refractivity contribution in [2.24, 2.45) is 0 Å². The number of rotatable bonds is 6. The number of anilines is 1. The Morgan fingerprint density at radius 3 is 2.46 bits per heavy atom. The van der Waals surface area contributed by atoms with E-state index in [1.165, 1.54) is 24.3 Å². The lowest BCUT2D eigenvalue weighted by molar-refractivity contribution is -0.153. The van der Waals surface area contributed by atoms with Crippen LogP contribution in [-0.2, 0) is 11.2 Å². The summed E-state index contributed by atoms with van der Waals surface area (Å²) in [7, 11) is 0. The lowest BCUT2D eigenvalue weighted by Gasteiger charge is -2.10. The first kappa shape index (κ1) is 19.7. The second-order valence-electron chi connectivity index (χ2n) is 5.49. The van der Waals surface area contributed by atoms with E-state index in [1.54, 1.807) is 6.92 Å². The van der Waals surface area contributed by atoms with Gasteiger partial charge in [0.1, 0.15) is 5.75 Å². The van der Waals surface area contributed by atoms with Crippen molar-refractivity contribution < 1.29 is 22.7 Å². The zero-order valence-electron chi connectivity index (χ0n) is 13.7. The maximum absolute atomic E-state index is 12.1. The summed E-state index contributed by atoms with van der Waals surface area (Å²) in [6.45, 7) is 0.310. The number of ether oxygens (including phenoxy) is 1. The number of nitrogens with one attached hydrogen (secondary N) is 3. The summed E-state index contributed by atoms with van der Waals surface area (Å²) >= 11 is 4.86. The Morgan fingerprint density at radius 1 is 1.23 bits per heavy atom. The number of benzene rings is 1. The molecule has 1 heterocycles. The molecule has 3 N–H and O–H groups in total. The van der Waals surface area contributed by atoms with Crippen LogP contribution in [0.3, 0.4) is 0 Å². The molecule has 0 saturated heterocycles. The van der Waals surface area contributed by atoms with E-state index >= 15 is 0 Å². The van der Waals surface area contributed by atoms with Crippen molar-refractivity contribution >= 4 is 23.8 Å². The Balaban J connectivity index is 1.90. The molecule has 0 atom stereocenters. The molecule has 0 fully saturated rings. The first-order chi connectivity index (χ1) is 12.1. The average molecular weight is 387 g/mol. The number of aromatic nitrogens is 2. The van der Waals surface area contributed by atoms with Crippen molar-refractivity contribution in [3.63, 3.8) is 0 Å². The summed E-state index contributed by atoms with van der Waals surface area (Å²) in [4.78, 5) is 29.1. The predicted molar refractivity (Wildman–Crippen MR) is 91.9 cm³/mol. The number of carbonyl (C=O) groups is 1. The number of hydrogen-bond donors (Lipinski definition) is 3. The maximum atomic E-state index is 12.1. The van der Waals surface area contributed by atoms with Gasteiger partial charge in [-0.25, -0.2) is 0 Å². The van der Waals surface area contributed by atoms with Crippen LogP contribution in [0.1, 0.15) is 17.7 Å². The lowest BCUT2D eigenvalue weighted by Crippen LogP contribution is -2.20. The highest BCUT2D eigenvalue weighted by Gasteiger charge is 2.28. The molecule has 2 rings (SSSR count). The number of aryl methyl sites for hydroxylation is 1. The second-order valence-corrected chi connectivity index (χ2v) is 5.90. The van der Waals surface area contributed by atoms with Crippen molar-refractivity contribution in [1.82, 2.24) is 9.97 Å². The topological polar surface area (TPSA) is 87.0 Å². The van der Waals surface area contributed by atoms with Gasteiger partial charge in [-0.2, -0.15) is 13.2 Å². The van der Waals surface area contributed by atoms with Crippen LogP contribution < -0.4 is 15.6 Å². The van der Waals surface area contributed by atoms with Gasteiger partial charge < -0.3 is 15.0 Å². The van der Waals surface area contributed by atoms with Gasteiger partial charge in [-0.3, -0.25) is 14.6 Å². The van der Waals surface area contributed by atoms with E-state index in [4.69, 9.17) is 12.2 Å². The van der Waals surface area contributed by atoms with Gasteiger partial charge in [-0.1, -0.05) is 0 Å². The number of alkyl halides is 3. The maximum Gasteiger partial charge on any atom is 0.422 e. The third kappa shape index (κ3) is 6.03. The highest BCUT2D eigenvalue weighted by molar-refractivity contribution is 7.71. The van der Waals surface area contributed by atoms with Crippen LogP contribution in [0.2, 0.25) is 0 Å². The predicted octanol–water partition coefficient (Wildman–Crippen LogP) is 3.25. The fourth-order valence-corrected chi connectivity index (χ4v) is 2.43. The SMILES string of the molecule is Cc1[nH]c(=S)[nH]c(=O)c1CCC(=O)Nc1ccc(OCC(F)(F)F)cc1. The molecule has 2 aromatic rings. The van der Waals surface area contributed by atoms with Crippen molar-refractivity contribution in [3.05, 3.63) is 50.6 Å². The zero-order valence-corrected chi connectivity index (χ0v) is 14.5. The van der Waals surface area contributed by atoms with Gasteiger partial charge in [0, 0.05) is 23.4 Å². The van der Waals surface area contributed by atoms with Gasteiger partial charge in [0.05, 0.1) is 0 Å². The number of H-pyrrole nitrogens is 2. The van der Waals surface area contributed by atoms with Gasteiger partial charge in [0.15, 0.2) is 11.4 Å². The van der Waals surface area contributed by atoms with E-state index < -0.39 is 12.8 Å². The fourth-order valence-electron chi connectivity index (χ4n) is 2.19. The third-order valence-corrected chi connectivity index (χ3v) is 3.60. The molecule has 0 unspecified atom stereocenters. The largest absolute Gasteiger partial charge is 0.484 e. The molecule has 6 nitrogen and oxygen atoms in total. The molecule has 1 aromatic heterocycles. The number of amides is 1. The van der Waals surface area contributed by atoms with Gasteiger partial charge in [0.2, 0.25) is 5.91 Å². The Bertz CT molecular complexity index is 889. The highest BCUT2D eigenvalue weighted by Crippen LogP contribution is 2.20. The summed E-state index contributed by atoms with van der Waals surface area (Å²) in [6, 6.07) is 5.52. The van der Waals surface area contributed by atoms with E-state index in [1.807, 2.05) is 0 Å². The fraction of sp³-hybridized carbons (Fsp3) is 0.312. The molecule has 0 aliphatic heterocycles. The molecular formula is C16H16F3N3O3S. The van der Waals surface area contributed by atoms with Crippen molar-refractivity contribution in [2.45, 2.75) is 25.9 Å². The average Bonchev–Trinajstić information content (AvgIpc) is 2.52. The summed E-state index contributed by atoms with van der Waals surface area (Å²) in [5.74, 6) is -0.294. The molecule has 0 radical (unpaired) electrons. The number of halogens is 3. The first-order valence-corrected chi connectivity index (χ1v) is 7.96. The molecule has 10 heteroatoms. The molecule has 0 saturated carbocycles. The van der Waals surface area contributed by atoms with Gasteiger partial charge in [-0.15, -0.1) is 0 Å². The minimum Gasteiger partial charge on any atom is -0.484 e. The Kier molecular flexibility index (Phi) is 6.19. The summed E-state index contributed by atoms with van der Waals surface area (Å²) in [5, 5.41) is 2.60. The van der Waals surface area contributed by atoms with Gasteiger partial charge in [0.25, 0.3) is 5.56 Å². The van der Waals surface area contributed by atoms with Crippen LogP contribution in [-0.4, -0.2) is 28.7 Å². The normalized spacial score (nSPS) is 11.2. The molecular weight excluding hydrogens is 371 g/mol. The van der Waals surface area contributed by atoms with Crippen molar-refractivity contribution in [3.8, 4) is 5.75 Å². The summed E-state index contributed by atoms with van der Waals surface area (Å²) in [6.07, 6.45) is -4.14. The lowest BCUT2D eigenvalue weighted by atomic mass is 10.1. The number of carbonyl (C=O) groups excluding carboxylic acids is 1. The van der Waals surface area contributed by atoms with E-state index in [9.17, 15) is 22.8 Å². The standard InChI is InChI=1S/C16H16F3N3O3S/c1-9-12(14(24)22-15(26)20-9)6-7-13(23)21-10-2-4-11(5-3-10)25-8-16(17,18)19/h2-5H,6-8H2,1H3,(H,21,23)(H2,20,22,24,26). The van der Waals surface area contributed by atoms with Crippen molar-refractivity contribution in [1.29, 1.82) is 0 Å². The quantitative estimate of drug-likeness (QED) is 0.664. The molecule has 26 heavy (non-hydrogen) atoms. The van der Waals surface area contributed by atoms with Gasteiger partial charge >= 0.3 is 6.18 Å². The molecule has 1 aromatic carbocycles. The Hall–Kier alpha value is -2.62. The van der Waals surface area contributed by atoms with E-state index in [0.29, 0.717) is 16.9 Å². The number of aromatic amines is 2. The summed E-state index contributed by atoms with van der Waals surface area (Å²) < 4.78 is 41.0. The van der Waals surface area contributed by atoms with Crippen LogP contribution in [0, 0.1) is 11.7 Å². The second kappa shape index (κ2) is 8.17. The zero-order chi connectivity index (χ0) is 19.3. The molecule has 0 aliphatic rings. The van der Waals surface area contributed by atoms with Crippen LogP contribution in [0.5, 0.6) is 5.75 Å². The minimum absolute atomic E-state index is 0.0435. The van der Waals surface area contributed by atoms with Gasteiger partial charge in [-0.05, 0) is 49.8 Å². The highest BCUT2D eigenvalue weighted by atomic mass is 32.1. The van der Waals surface area contributed by atoms with Crippen LogP contribution in [0.25, 0.3) is 0 Å². The molecule has 0 aliphatic carbocycles. The monoisotopic (exact) mass is 387 g/mol. The summed E-state index contributed by atoms with van der Waals surface area (Å²) in [5.41, 5.74) is 1.10.